The molecule has 1 saturated heterocycles. The van der Waals surface area contributed by atoms with Crippen LogP contribution in [-0.2, 0) is 4.79 Å². The van der Waals surface area contributed by atoms with Crippen molar-refractivity contribution in [2.75, 3.05) is 19.8 Å². The first-order valence-corrected chi connectivity index (χ1v) is 5.39. The van der Waals surface area contributed by atoms with Crippen LogP contribution in [0.1, 0.15) is 19.8 Å². The molecule has 1 heterocycles. The van der Waals surface area contributed by atoms with Gasteiger partial charge in [-0.1, -0.05) is 6.92 Å². The zero-order chi connectivity index (χ0) is 11.1. The minimum Gasteiger partial charge on any atom is -0.341 e. The number of carbonyl (C=O) groups is 1. The molecule has 2 atom stereocenters. The molecule has 0 aromatic heterocycles. The normalized spacial score (nSPS) is 32.5. The molecule has 0 radical (unpaired) electrons. The molecule has 2 aliphatic rings. The number of rotatable bonds is 2. The Balaban J connectivity index is 2.02. The first kappa shape index (κ1) is 10.4. The van der Waals surface area contributed by atoms with E-state index >= 15 is 0 Å². The predicted octanol–water partition coefficient (Wildman–Crippen LogP) is 1.35. The van der Waals surface area contributed by atoms with Gasteiger partial charge in [-0.15, -0.1) is 0 Å². The SMILES string of the molecule is C[C@@H]1CN(C(=O)C2(C#N)CC2)C[C@@H]1CF. The molecule has 4 heteroatoms. The van der Waals surface area contributed by atoms with Crippen molar-refractivity contribution in [1.82, 2.24) is 4.90 Å². The Morgan fingerprint density at radius 2 is 2.27 bits per heavy atom. The molecule has 1 amide bonds. The summed E-state index contributed by atoms with van der Waals surface area (Å²) < 4.78 is 12.6. The molecule has 2 fully saturated rings. The molecular weight excluding hydrogens is 195 g/mol. The maximum atomic E-state index is 12.6. The molecular formula is C11H15FN2O. The molecule has 0 bridgehead atoms. The molecule has 0 spiro atoms. The Bertz CT molecular complexity index is 319. The highest BCUT2D eigenvalue weighted by Gasteiger charge is 2.53. The van der Waals surface area contributed by atoms with Crippen LogP contribution in [0.4, 0.5) is 4.39 Å². The smallest absolute Gasteiger partial charge is 0.243 e. The second kappa shape index (κ2) is 3.48. The van der Waals surface area contributed by atoms with E-state index < -0.39 is 5.41 Å². The molecule has 15 heavy (non-hydrogen) atoms. The summed E-state index contributed by atoms with van der Waals surface area (Å²) >= 11 is 0. The summed E-state index contributed by atoms with van der Waals surface area (Å²) in [5.41, 5.74) is -0.745. The Kier molecular flexibility index (Phi) is 2.41. The number of carbonyl (C=O) groups excluding carboxylic acids is 1. The maximum absolute atomic E-state index is 12.6. The van der Waals surface area contributed by atoms with Gasteiger partial charge in [0.15, 0.2) is 0 Å². The summed E-state index contributed by atoms with van der Waals surface area (Å²) in [5, 5.41) is 8.90. The van der Waals surface area contributed by atoms with Crippen LogP contribution in [0.15, 0.2) is 0 Å². The zero-order valence-electron chi connectivity index (χ0n) is 8.87. The average molecular weight is 210 g/mol. The first-order chi connectivity index (χ1) is 7.13. The summed E-state index contributed by atoms with van der Waals surface area (Å²) in [7, 11) is 0. The summed E-state index contributed by atoms with van der Waals surface area (Å²) in [5.74, 6) is 0.102. The fourth-order valence-electron chi connectivity index (χ4n) is 2.20. The van der Waals surface area contributed by atoms with Crippen molar-refractivity contribution in [3.05, 3.63) is 0 Å². The van der Waals surface area contributed by atoms with E-state index in [0.29, 0.717) is 25.9 Å². The molecule has 82 valence electrons. The number of nitrogens with zero attached hydrogens (tertiary/aromatic N) is 2. The van der Waals surface area contributed by atoms with Crippen LogP contribution in [0, 0.1) is 28.6 Å². The second-order valence-electron chi connectivity index (χ2n) is 4.80. The highest BCUT2D eigenvalue weighted by molar-refractivity contribution is 5.88. The van der Waals surface area contributed by atoms with E-state index in [1.165, 1.54) is 0 Å². The highest BCUT2D eigenvalue weighted by Crippen LogP contribution is 2.47. The van der Waals surface area contributed by atoms with Crippen molar-refractivity contribution in [2.45, 2.75) is 19.8 Å². The van der Waals surface area contributed by atoms with Crippen molar-refractivity contribution in [2.24, 2.45) is 17.3 Å². The van der Waals surface area contributed by atoms with Crippen molar-refractivity contribution in [1.29, 1.82) is 5.26 Å². The van der Waals surface area contributed by atoms with E-state index in [2.05, 4.69) is 6.07 Å². The number of likely N-dealkylation sites (tertiary alicyclic amines) is 1. The van der Waals surface area contributed by atoms with Gasteiger partial charge in [-0.2, -0.15) is 5.26 Å². The van der Waals surface area contributed by atoms with Crippen molar-refractivity contribution in [3.63, 3.8) is 0 Å². The largest absolute Gasteiger partial charge is 0.341 e. The van der Waals surface area contributed by atoms with Gasteiger partial charge >= 0.3 is 0 Å². The third-order valence-electron chi connectivity index (χ3n) is 3.63. The second-order valence-corrected chi connectivity index (χ2v) is 4.80. The lowest BCUT2D eigenvalue weighted by Crippen LogP contribution is -2.35. The number of hydrogen-bond acceptors (Lipinski definition) is 2. The summed E-state index contributed by atoms with van der Waals surface area (Å²) in [4.78, 5) is 13.6. The van der Waals surface area contributed by atoms with Gasteiger partial charge in [0.1, 0.15) is 5.41 Å². The van der Waals surface area contributed by atoms with Crippen LogP contribution in [0.3, 0.4) is 0 Å². The molecule has 1 saturated carbocycles. The van der Waals surface area contributed by atoms with Crippen molar-refractivity contribution >= 4 is 5.91 Å². The van der Waals surface area contributed by atoms with Gasteiger partial charge in [-0.3, -0.25) is 9.18 Å². The van der Waals surface area contributed by atoms with E-state index in [-0.39, 0.29) is 24.4 Å². The zero-order valence-corrected chi connectivity index (χ0v) is 8.87. The van der Waals surface area contributed by atoms with Crippen molar-refractivity contribution in [3.8, 4) is 6.07 Å². The lowest BCUT2D eigenvalue weighted by Gasteiger charge is -2.18. The number of amides is 1. The van der Waals surface area contributed by atoms with Gasteiger partial charge in [-0.25, -0.2) is 0 Å². The Hall–Kier alpha value is -1.11. The quantitative estimate of drug-likeness (QED) is 0.690. The lowest BCUT2D eigenvalue weighted by molar-refractivity contribution is -0.134. The van der Waals surface area contributed by atoms with E-state index in [9.17, 15) is 9.18 Å². The molecule has 1 aliphatic heterocycles. The standard InChI is InChI=1S/C11H15FN2O/c1-8-5-14(6-9(8)4-12)10(15)11(7-13)2-3-11/h8-9H,2-6H2,1H3/t8-,9+/m1/s1. The minimum atomic E-state index is -0.745. The van der Waals surface area contributed by atoms with Gasteiger partial charge in [0, 0.05) is 19.0 Å². The third kappa shape index (κ3) is 1.60. The molecule has 0 aromatic rings. The molecule has 0 aromatic carbocycles. The van der Waals surface area contributed by atoms with Crippen LogP contribution in [0.5, 0.6) is 0 Å². The summed E-state index contributed by atoms with van der Waals surface area (Å²) in [6.07, 6.45) is 1.35. The van der Waals surface area contributed by atoms with Crippen LogP contribution in [0.25, 0.3) is 0 Å². The molecule has 2 rings (SSSR count). The topological polar surface area (TPSA) is 44.1 Å². The number of hydrogen-bond donors (Lipinski definition) is 0. The Morgan fingerprint density at radius 3 is 2.67 bits per heavy atom. The molecule has 1 aliphatic carbocycles. The van der Waals surface area contributed by atoms with Gasteiger partial charge < -0.3 is 4.90 Å². The van der Waals surface area contributed by atoms with Gasteiger partial charge in [0.2, 0.25) is 5.91 Å². The Labute approximate surface area is 88.9 Å². The monoisotopic (exact) mass is 210 g/mol. The summed E-state index contributed by atoms with van der Waals surface area (Å²) in [6, 6.07) is 2.09. The maximum Gasteiger partial charge on any atom is 0.243 e. The van der Waals surface area contributed by atoms with Crippen LogP contribution in [0.2, 0.25) is 0 Å². The van der Waals surface area contributed by atoms with Gasteiger partial charge in [0.25, 0.3) is 0 Å². The molecule has 0 N–H and O–H groups in total. The number of halogens is 1. The minimum absolute atomic E-state index is 0.0385. The molecule has 0 unspecified atom stereocenters. The van der Waals surface area contributed by atoms with Crippen LogP contribution in [-0.4, -0.2) is 30.6 Å². The molecule has 3 nitrogen and oxygen atoms in total. The van der Waals surface area contributed by atoms with Crippen LogP contribution >= 0.6 is 0 Å². The number of nitriles is 1. The van der Waals surface area contributed by atoms with E-state index in [0.717, 1.165) is 0 Å². The van der Waals surface area contributed by atoms with Gasteiger partial charge in [-0.05, 0) is 18.8 Å². The highest BCUT2D eigenvalue weighted by atomic mass is 19.1. The van der Waals surface area contributed by atoms with E-state index in [1.807, 2.05) is 6.92 Å². The van der Waals surface area contributed by atoms with Crippen molar-refractivity contribution < 1.29 is 9.18 Å². The first-order valence-electron chi connectivity index (χ1n) is 5.39. The third-order valence-corrected chi connectivity index (χ3v) is 3.63. The van der Waals surface area contributed by atoms with Gasteiger partial charge in [0.05, 0.1) is 12.7 Å². The Morgan fingerprint density at radius 1 is 1.60 bits per heavy atom. The lowest BCUT2D eigenvalue weighted by atomic mass is 10.0. The summed E-state index contributed by atoms with van der Waals surface area (Å²) in [6.45, 7) is 2.69. The predicted molar refractivity (Wildman–Crippen MR) is 52.5 cm³/mol. The average Bonchev–Trinajstić information content (AvgIpc) is 2.96. The fraction of sp³-hybridized carbons (Fsp3) is 0.818. The number of alkyl halides is 1. The fourth-order valence-corrected chi connectivity index (χ4v) is 2.20. The van der Waals surface area contributed by atoms with E-state index in [1.54, 1.807) is 4.90 Å². The van der Waals surface area contributed by atoms with Crippen LogP contribution < -0.4 is 0 Å². The van der Waals surface area contributed by atoms with E-state index in [4.69, 9.17) is 5.26 Å².